The Bertz CT molecular complexity index is 388. The van der Waals surface area contributed by atoms with Crippen LogP contribution in [0, 0.1) is 13.8 Å². The zero-order valence-electron chi connectivity index (χ0n) is 12.7. The first-order valence-electron chi connectivity index (χ1n) is 6.85. The molecule has 0 aromatic carbocycles. The highest BCUT2D eigenvalue weighted by molar-refractivity contribution is 5.40. The van der Waals surface area contributed by atoms with E-state index in [1.807, 2.05) is 13.1 Å². The van der Waals surface area contributed by atoms with Crippen LogP contribution in [0.15, 0.2) is 6.20 Å². The van der Waals surface area contributed by atoms with E-state index in [1.165, 1.54) is 0 Å². The molecule has 0 saturated carbocycles. The maximum atomic E-state index is 5.43. The monoisotopic (exact) mass is 266 g/mol. The fourth-order valence-corrected chi connectivity index (χ4v) is 2.28. The second-order valence-corrected chi connectivity index (χ2v) is 4.87. The van der Waals surface area contributed by atoms with Gasteiger partial charge >= 0.3 is 0 Å². The summed E-state index contributed by atoms with van der Waals surface area (Å²) in [6, 6.07) is 0.378. The van der Waals surface area contributed by atoms with Crippen molar-refractivity contribution in [2.75, 3.05) is 20.8 Å². The molecule has 0 bridgehead atoms. The van der Waals surface area contributed by atoms with E-state index in [-0.39, 0.29) is 0 Å². The number of aryl methyl sites for hydroxylation is 1. The van der Waals surface area contributed by atoms with Gasteiger partial charge in [-0.15, -0.1) is 0 Å². The van der Waals surface area contributed by atoms with Gasteiger partial charge in [-0.25, -0.2) is 0 Å². The average Bonchev–Trinajstić information content (AvgIpc) is 2.39. The second-order valence-electron chi connectivity index (χ2n) is 4.87. The van der Waals surface area contributed by atoms with Crippen molar-refractivity contribution in [3.8, 4) is 5.75 Å². The molecule has 1 unspecified atom stereocenters. The van der Waals surface area contributed by atoms with Crippen LogP contribution in [0.3, 0.4) is 0 Å². The summed E-state index contributed by atoms with van der Waals surface area (Å²) in [7, 11) is 3.44. The Morgan fingerprint density at radius 3 is 2.63 bits per heavy atom. The Morgan fingerprint density at radius 1 is 1.32 bits per heavy atom. The molecule has 1 heterocycles. The van der Waals surface area contributed by atoms with E-state index in [1.54, 1.807) is 14.2 Å². The van der Waals surface area contributed by atoms with Crippen LogP contribution in [0.25, 0.3) is 0 Å². The summed E-state index contributed by atoms with van der Waals surface area (Å²) in [6.45, 7) is 7.73. The van der Waals surface area contributed by atoms with E-state index in [4.69, 9.17) is 9.47 Å². The SMILES string of the molecule is CCCC(COC)NCc1ncc(C)c(OC)c1C. The van der Waals surface area contributed by atoms with E-state index < -0.39 is 0 Å². The van der Waals surface area contributed by atoms with E-state index in [9.17, 15) is 0 Å². The fraction of sp³-hybridized carbons (Fsp3) is 0.667. The van der Waals surface area contributed by atoms with Gasteiger partial charge in [-0.1, -0.05) is 13.3 Å². The molecule has 1 rings (SSSR count). The fourth-order valence-electron chi connectivity index (χ4n) is 2.28. The molecule has 1 aromatic rings. The summed E-state index contributed by atoms with van der Waals surface area (Å²) >= 11 is 0. The number of rotatable bonds is 8. The number of pyridine rings is 1. The lowest BCUT2D eigenvalue weighted by Crippen LogP contribution is -2.33. The van der Waals surface area contributed by atoms with Crippen molar-refractivity contribution in [2.45, 2.75) is 46.2 Å². The van der Waals surface area contributed by atoms with Gasteiger partial charge in [0.15, 0.2) is 0 Å². The van der Waals surface area contributed by atoms with Crippen molar-refractivity contribution in [3.63, 3.8) is 0 Å². The number of hydrogen-bond acceptors (Lipinski definition) is 4. The van der Waals surface area contributed by atoms with Crippen molar-refractivity contribution in [1.29, 1.82) is 0 Å². The minimum atomic E-state index is 0.378. The summed E-state index contributed by atoms with van der Waals surface area (Å²) in [4.78, 5) is 4.50. The Balaban J connectivity index is 2.71. The van der Waals surface area contributed by atoms with Crippen molar-refractivity contribution in [1.82, 2.24) is 10.3 Å². The molecule has 0 saturated heterocycles. The van der Waals surface area contributed by atoms with Crippen molar-refractivity contribution >= 4 is 0 Å². The standard InChI is InChI=1S/C15H26N2O2/c1-6-7-13(10-18-4)16-9-14-12(3)15(19-5)11(2)8-17-14/h8,13,16H,6-7,9-10H2,1-5H3. The van der Waals surface area contributed by atoms with Gasteiger partial charge in [0.25, 0.3) is 0 Å². The van der Waals surface area contributed by atoms with Gasteiger partial charge < -0.3 is 14.8 Å². The molecule has 0 spiro atoms. The van der Waals surface area contributed by atoms with E-state index >= 15 is 0 Å². The molecule has 0 fully saturated rings. The van der Waals surface area contributed by atoms with Crippen LogP contribution in [0.5, 0.6) is 5.75 Å². The number of methoxy groups -OCH3 is 2. The molecule has 1 N–H and O–H groups in total. The molecule has 4 heteroatoms. The zero-order chi connectivity index (χ0) is 14.3. The van der Waals surface area contributed by atoms with Gasteiger partial charge in [0.05, 0.1) is 19.4 Å². The smallest absolute Gasteiger partial charge is 0.128 e. The summed E-state index contributed by atoms with van der Waals surface area (Å²) in [6.07, 6.45) is 4.12. The van der Waals surface area contributed by atoms with E-state index in [0.717, 1.165) is 48.6 Å². The van der Waals surface area contributed by atoms with Gasteiger partial charge in [-0.3, -0.25) is 4.98 Å². The maximum Gasteiger partial charge on any atom is 0.128 e. The molecule has 108 valence electrons. The predicted molar refractivity (Wildman–Crippen MR) is 77.7 cm³/mol. The van der Waals surface area contributed by atoms with Crippen LogP contribution >= 0.6 is 0 Å². The topological polar surface area (TPSA) is 43.4 Å². The summed E-state index contributed by atoms with van der Waals surface area (Å²) in [5.41, 5.74) is 3.23. The number of ether oxygens (including phenoxy) is 2. The second kappa shape index (κ2) is 8.12. The molecule has 1 aromatic heterocycles. The average molecular weight is 266 g/mol. The number of nitrogens with one attached hydrogen (secondary N) is 1. The Kier molecular flexibility index (Phi) is 6.81. The van der Waals surface area contributed by atoms with Crippen molar-refractivity contribution in [3.05, 3.63) is 23.0 Å². The third kappa shape index (κ3) is 4.48. The normalized spacial score (nSPS) is 12.5. The Morgan fingerprint density at radius 2 is 2.05 bits per heavy atom. The largest absolute Gasteiger partial charge is 0.496 e. The molecular formula is C15H26N2O2. The first kappa shape index (κ1) is 15.9. The summed E-state index contributed by atoms with van der Waals surface area (Å²) in [5, 5.41) is 3.51. The predicted octanol–water partition coefficient (Wildman–Crippen LogP) is 2.61. The van der Waals surface area contributed by atoms with E-state index in [2.05, 4.69) is 24.1 Å². The van der Waals surface area contributed by atoms with E-state index in [0.29, 0.717) is 6.04 Å². The molecule has 0 aliphatic rings. The minimum Gasteiger partial charge on any atom is -0.496 e. The lowest BCUT2D eigenvalue weighted by atomic mass is 10.1. The van der Waals surface area contributed by atoms with Gasteiger partial charge in [-0.05, 0) is 20.3 Å². The molecule has 0 aliphatic carbocycles. The lowest BCUT2D eigenvalue weighted by Gasteiger charge is -2.18. The van der Waals surface area contributed by atoms with Gasteiger partial charge in [-0.2, -0.15) is 0 Å². The molecule has 4 nitrogen and oxygen atoms in total. The highest BCUT2D eigenvalue weighted by Crippen LogP contribution is 2.23. The molecule has 1 atom stereocenters. The summed E-state index contributed by atoms with van der Waals surface area (Å²) in [5.74, 6) is 0.936. The van der Waals surface area contributed by atoms with Crippen LogP contribution in [-0.2, 0) is 11.3 Å². The van der Waals surface area contributed by atoms with Gasteiger partial charge in [0.1, 0.15) is 5.75 Å². The van der Waals surface area contributed by atoms with Crippen LogP contribution in [0.4, 0.5) is 0 Å². The molecular weight excluding hydrogens is 240 g/mol. The number of aromatic nitrogens is 1. The van der Waals surface area contributed by atoms with Crippen LogP contribution < -0.4 is 10.1 Å². The Labute approximate surface area is 116 Å². The van der Waals surface area contributed by atoms with Crippen LogP contribution in [0.2, 0.25) is 0 Å². The van der Waals surface area contributed by atoms with Gasteiger partial charge in [0, 0.05) is 37.0 Å². The van der Waals surface area contributed by atoms with Crippen molar-refractivity contribution in [2.24, 2.45) is 0 Å². The van der Waals surface area contributed by atoms with Crippen molar-refractivity contribution < 1.29 is 9.47 Å². The molecule has 0 radical (unpaired) electrons. The first-order chi connectivity index (χ1) is 9.13. The zero-order valence-corrected chi connectivity index (χ0v) is 12.7. The highest BCUT2D eigenvalue weighted by atomic mass is 16.5. The number of nitrogens with zero attached hydrogens (tertiary/aromatic N) is 1. The molecule has 0 aliphatic heterocycles. The molecule has 0 amide bonds. The Hall–Kier alpha value is -1.13. The van der Waals surface area contributed by atoms with Crippen LogP contribution in [-0.4, -0.2) is 31.9 Å². The highest BCUT2D eigenvalue weighted by Gasteiger charge is 2.12. The maximum absolute atomic E-state index is 5.43. The number of hydrogen-bond donors (Lipinski definition) is 1. The first-order valence-corrected chi connectivity index (χ1v) is 6.85. The minimum absolute atomic E-state index is 0.378. The van der Waals surface area contributed by atoms with Gasteiger partial charge in [0.2, 0.25) is 0 Å². The third-order valence-electron chi connectivity index (χ3n) is 3.31. The summed E-state index contributed by atoms with van der Waals surface area (Å²) < 4.78 is 10.7. The third-order valence-corrected chi connectivity index (χ3v) is 3.31. The lowest BCUT2D eigenvalue weighted by molar-refractivity contribution is 0.161. The van der Waals surface area contributed by atoms with Crippen LogP contribution in [0.1, 0.15) is 36.6 Å². The molecule has 19 heavy (non-hydrogen) atoms. The quantitative estimate of drug-likeness (QED) is 0.785.